The highest BCUT2D eigenvalue weighted by Gasteiger charge is 2.11. The van der Waals surface area contributed by atoms with Crippen molar-refractivity contribution in [2.45, 2.75) is 26.0 Å². The molecule has 1 aromatic carbocycles. The minimum atomic E-state index is -0.621. The minimum Gasteiger partial charge on any atom is -0.475 e. The number of hydrogen-bond donors (Lipinski definition) is 1. The van der Waals surface area contributed by atoms with Gasteiger partial charge in [-0.2, -0.15) is 5.26 Å². The molecule has 1 unspecified atom stereocenters. The first-order chi connectivity index (χ1) is 7.04. The summed E-state index contributed by atoms with van der Waals surface area (Å²) in [5, 5.41) is 8.59. The van der Waals surface area contributed by atoms with Crippen LogP contribution in [-0.4, -0.2) is 6.10 Å². The van der Waals surface area contributed by atoms with Gasteiger partial charge in [-0.15, -0.1) is 0 Å². The predicted molar refractivity (Wildman–Crippen MR) is 54.7 cm³/mol. The fraction of sp³-hybridized carbons (Fsp3) is 0.364. The van der Waals surface area contributed by atoms with E-state index in [0.717, 1.165) is 0 Å². The first kappa shape index (κ1) is 11.5. The van der Waals surface area contributed by atoms with Gasteiger partial charge in [0, 0.05) is 17.7 Å². The molecule has 80 valence electrons. The molecule has 0 aromatic heterocycles. The van der Waals surface area contributed by atoms with Gasteiger partial charge >= 0.3 is 0 Å². The number of halogens is 1. The number of nitriles is 1. The van der Waals surface area contributed by atoms with Crippen LogP contribution < -0.4 is 10.5 Å². The Morgan fingerprint density at radius 1 is 1.47 bits per heavy atom. The van der Waals surface area contributed by atoms with E-state index >= 15 is 0 Å². The van der Waals surface area contributed by atoms with Crippen LogP contribution in [0.5, 0.6) is 5.75 Å². The zero-order valence-electron chi connectivity index (χ0n) is 8.70. The molecule has 2 N–H and O–H groups in total. The molecule has 1 aromatic rings. The third-order valence-electron chi connectivity index (χ3n) is 1.95. The number of ether oxygens (including phenoxy) is 1. The first-order valence-corrected chi connectivity index (χ1v) is 4.66. The van der Waals surface area contributed by atoms with Crippen molar-refractivity contribution in [3.8, 4) is 11.8 Å². The molecule has 3 nitrogen and oxygen atoms in total. The van der Waals surface area contributed by atoms with Gasteiger partial charge in [-0.1, -0.05) is 6.07 Å². The van der Waals surface area contributed by atoms with E-state index in [1.807, 2.05) is 6.07 Å². The lowest BCUT2D eigenvalue weighted by Gasteiger charge is -2.15. The van der Waals surface area contributed by atoms with Crippen LogP contribution >= 0.6 is 0 Å². The van der Waals surface area contributed by atoms with Crippen LogP contribution in [0.2, 0.25) is 0 Å². The van der Waals surface area contributed by atoms with Gasteiger partial charge < -0.3 is 10.5 Å². The molecule has 0 heterocycles. The summed E-state index contributed by atoms with van der Waals surface area (Å²) in [6.45, 7) is 3.37. The molecule has 0 saturated heterocycles. The van der Waals surface area contributed by atoms with E-state index in [1.54, 1.807) is 19.9 Å². The summed E-state index contributed by atoms with van der Waals surface area (Å²) in [6.07, 6.45) is -0.621. The summed E-state index contributed by atoms with van der Waals surface area (Å²) >= 11 is 0. The lowest BCUT2D eigenvalue weighted by molar-refractivity contribution is 0.271. The normalized spacial score (nSPS) is 14.1. The Bertz CT molecular complexity index is 385. The molecule has 1 rings (SSSR count). The fourth-order valence-corrected chi connectivity index (χ4v) is 1.20. The first-order valence-electron chi connectivity index (χ1n) is 4.66. The lowest BCUT2D eigenvalue weighted by Crippen LogP contribution is -2.13. The Morgan fingerprint density at radius 3 is 2.67 bits per heavy atom. The Morgan fingerprint density at radius 2 is 2.13 bits per heavy atom. The highest BCUT2D eigenvalue weighted by atomic mass is 19.1. The van der Waals surface area contributed by atoms with Crippen molar-refractivity contribution in [1.82, 2.24) is 0 Å². The topological polar surface area (TPSA) is 59.0 Å². The summed E-state index contributed by atoms with van der Waals surface area (Å²) in [5.74, 6) is -0.0708. The molecular formula is C11H13FN2O. The second-order valence-electron chi connectivity index (χ2n) is 3.36. The third-order valence-corrected chi connectivity index (χ3v) is 1.95. The van der Waals surface area contributed by atoms with Crippen molar-refractivity contribution < 1.29 is 9.13 Å². The SMILES string of the molecule is CC(C#N)Oc1cc(F)ccc1[C@H](C)N. The van der Waals surface area contributed by atoms with Gasteiger partial charge in [0.15, 0.2) is 6.10 Å². The molecule has 0 aliphatic carbocycles. The molecule has 0 aliphatic heterocycles. The van der Waals surface area contributed by atoms with Crippen LogP contribution in [0.25, 0.3) is 0 Å². The second kappa shape index (κ2) is 4.76. The zero-order valence-corrected chi connectivity index (χ0v) is 8.70. The molecule has 15 heavy (non-hydrogen) atoms. The molecule has 0 radical (unpaired) electrons. The Balaban J connectivity index is 3.03. The lowest BCUT2D eigenvalue weighted by atomic mass is 10.1. The summed E-state index contributed by atoms with van der Waals surface area (Å²) in [7, 11) is 0. The highest BCUT2D eigenvalue weighted by molar-refractivity contribution is 5.36. The zero-order chi connectivity index (χ0) is 11.4. The highest BCUT2D eigenvalue weighted by Crippen LogP contribution is 2.25. The monoisotopic (exact) mass is 208 g/mol. The second-order valence-corrected chi connectivity index (χ2v) is 3.36. The minimum absolute atomic E-state index is 0.258. The van der Waals surface area contributed by atoms with Gasteiger partial charge in [-0.25, -0.2) is 4.39 Å². The van der Waals surface area contributed by atoms with E-state index in [9.17, 15) is 4.39 Å². The van der Waals surface area contributed by atoms with Crippen LogP contribution in [0, 0.1) is 17.1 Å². The van der Waals surface area contributed by atoms with Gasteiger partial charge in [0.1, 0.15) is 17.6 Å². The van der Waals surface area contributed by atoms with E-state index in [0.29, 0.717) is 11.3 Å². The van der Waals surface area contributed by atoms with E-state index in [-0.39, 0.29) is 6.04 Å². The number of rotatable bonds is 3. The van der Waals surface area contributed by atoms with Gasteiger partial charge in [0.25, 0.3) is 0 Å². The molecule has 0 amide bonds. The van der Waals surface area contributed by atoms with Crippen molar-refractivity contribution in [2.24, 2.45) is 5.73 Å². The fourth-order valence-electron chi connectivity index (χ4n) is 1.20. The largest absolute Gasteiger partial charge is 0.475 e. The average Bonchev–Trinajstić information content (AvgIpc) is 2.17. The average molecular weight is 208 g/mol. The Labute approximate surface area is 88.3 Å². The summed E-state index contributed by atoms with van der Waals surface area (Å²) < 4.78 is 18.2. The Hall–Kier alpha value is -1.60. The maximum atomic E-state index is 13.0. The van der Waals surface area contributed by atoms with Crippen molar-refractivity contribution in [3.63, 3.8) is 0 Å². The third kappa shape index (κ3) is 2.93. The van der Waals surface area contributed by atoms with E-state index in [4.69, 9.17) is 15.7 Å². The number of nitrogens with zero attached hydrogens (tertiary/aromatic N) is 1. The van der Waals surface area contributed by atoms with Crippen LogP contribution in [0.3, 0.4) is 0 Å². The van der Waals surface area contributed by atoms with E-state index < -0.39 is 11.9 Å². The molecule has 4 heteroatoms. The standard InChI is InChI=1S/C11H13FN2O/c1-7(6-13)15-11-5-9(12)3-4-10(11)8(2)14/h3-5,7-8H,14H2,1-2H3/t7?,8-/m0/s1. The van der Waals surface area contributed by atoms with Crippen molar-refractivity contribution in [1.29, 1.82) is 5.26 Å². The van der Waals surface area contributed by atoms with E-state index in [1.165, 1.54) is 12.1 Å². The number of benzene rings is 1. The molecule has 2 atom stereocenters. The van der Waals surface area contributed by atoms with Crippen LogP contribution in [0.15, 0.2) is 18.2 Å². The maximum Gasteiger partial charge on any atom is 0.181 e. The van der Waals surface area contributed by atoms with Crippen molar-refractivity contribution in [2.75, 3.05) is 0 Å². The summed E-state index contributed by atoms with van der Waals surface area (Å²) in [6, 6.07) is 5.79. The predicted octanol–water partition coefficient (Wildman–Crippen LogP) is 2.14. The van der Waals surface area contributed by atoms with Crippen LogP contribution in [-0.2, 0) is 0 Å². The maximum absolute atomic E-state index is 13.0. The van der Waals surface area contributed by atoms with Gasteiger partial charge in [-0.05, 0) is 19.9 Å². The molecule has 0 spiro atoms. The molecule has 0 aliphatic rings. The van der Waals surface area contributed by atoms with Crippen molar-refractivity contribution >= 4 is 0 Å². The molecular weight excluding hydrogens is 195 g/mol. The molecule has 0 fully saturated rings. The van der Waals surface area contributed by atoms with Gasteiger partial charge in [0.2, 0.25) is 0 Å². The van der Waals surface area contributed by atoms with Crippen molar-refractivity contribution in [3.05, 3.63) is 29.6 Å². The number of hydrogen-bond acceptors (Lipinski definition) is 3. The molecule has 0 bridgehead atoms. The summed E-state index contributed by atoms with van der Waals surface area (Å²) in [4.78, 5) is 0. The quantitative estimate of drug-likeness (QED) is 0.827. The van der Waals surface area contributed by atoms with E-state index in [2.05, 4.69) is 0 Å². The van der Waals surface area contributed by atoms with Crippen LogP contribution in [0.4, 0.5) is 4.39 Å². The van der Waals surface area contributed by atoms with Gasteiger partial charge in [0.05, 0.1) is 0 Å². The molecule has 0 saturated carbocycles. The van der Waals surface area contributed by atoms with Crippen LogP contribution in [0.1, 0.15) is 25.5 Å². The smallest absolute Gasteiger partial charge is 0.181 e. The summed E-state index contributed by atoms with van der Waals surface area (Å²) in [5.41, 5.74) is 6.39. The van der Waals surface area contributed by atoms with Gasteiger partial charge in [-0.3, -0.25) is 0 Å². The Kier molecular flexibility index (Phi) is 3.64. The number of nitrogens with two attached hydrogens (primary N) is 1.